The number of aliphatic imine (C=N–C) groups is 1. The van der Waals surface area contributed by atoms with Crippen LogP contribution in [0.5, 0.6) is 0 Å². The Morgan fingerprint density at radius 1 is 1.44 bits per heavy atom. The first kappa shape index (κ1) is 22.3. The third-order valence-electron chi connectivity index (χ3n) is 5.04. The number of nitrogens with zero attached hydrogens (tertiary/aromatic N) is 3. The number of halogens is 1. The Morgan fingerprint density at radius 3 is 2.72 bits per heavy atom. The van der Waals surface area contributed by atoms with Crippen LogP contribution < -0.4 is 5.32 Å². The summed E-state index contributed by atoms with van der Waals surface area (Å²) in [4.78, 5) is 6.59. The Morgan fingerprint density at radius 2 is 2.16 bits per heavy atom. The Kier molecular flexibility index (Phi) is 10.5. The minimum atomic E-state index is 0. The zero-order valence-electron chi connectivity index (χ0n) is 16.2. The van der Waals surface area contributed by atoms with Crippen molar-refractivity contribution in [2.45, 2.75) is 51.7 Å². The van der Waals surface area contributed by atoms with Crippen molar-refractivity contribution in [2.24, 2.45) is 18.0 Å². The molecule has 1 aliphatic rings. The van der Waals surface area contributed by atoms with Crippen LogP contribution in [0.25, 0.3) is 0 Å². The van der Waals surface area contributed by atoms with Crippen LogP contribution >= 0.6 is 24.0 Å². The summed E-state index contributed by atoms with van der Waals surface area (Å²) in [7, 11) is 6.01. The third kappa shape index (κ3) is 6.81. The molecular weight excluding hydrogens is 427 g/mol. The van der Waals surface area contributed by atoms with Gasteiger partial charge in [-0.15, -0.1) is 24.0 Å². The molecule has 0 aliphatic heterocycles. The smallest absolute Gasteiger partial charge is 0.193 e. The highest BCUT2D eigenvalue weighted by atomic mass is 127. The van der Waals surface area contributed by atoms with Gasteiger partial charge in [-0.2, -0.15) is 0 Å². The van der Waals surface area contributed by atoms with E-state index < -0.39 is 0 Å². The summed E-state index contributed by atoms with van der Waals surface area (Å²) in [6.07, 6.45) is 8.90. The molecule has 0 radical (unpaired) electrons. The maximum atomic E-state index is 6.01. The number of ether oxygens (including phenoxy) is 1. The SMILES string of the molecule is CCOC(CCNC(=NC)N(C)Cc1cccn1C)C1CCCC1.I. The van der Waals surface area contributed by atoms with Crippen molar-refractivity contribution in [3.8, 4) is 0 Å². The van der Waals surface area contributed by atoms with Gasteiger partial charge in [0, 0.05) is 46.2 Å². The summed E-state index contributed by atoms with van der Waals surface area (Å²) in [5, 5.41) is 3.50. The van der Waals surface area contributed by atoms with Crippen LogP contribution in [0.3, 0.4) is 0 Å². The average molecular weight is 462 g/mol. The van der Waals surface area contributed by atoms with E-state index in [1.54, 1.807) is 0 Å². The van der Waals surface area contributed by atoms with Crippen molar-refractivity contribution in [1.82, 2.24) is 14.8 Å². The van der Waals surface area contributed by atoms with Gasteiger partial charge in [-0.1, -0.05) is 12.8 Å². The average Bonchev–Trinajstić information content (AvgIpc) is 3.23. The topological polar surface area (TPSA) is 41.8 Å². The summed E-state index contributed by atoms with van der Waals surface area (Å²) >= 11 is 0. The Balaban J connectivity index is 0.00000312. The predicted molar refractivity (Wildman–Crippen MR) is 116 cm³/mol. The van der Waals surface area contributed by atoms with E-state index in [0.29, 0.717) is 6.10 Å². The van der Waals surface area contributed by atoms with E-state index in [0.717, 1.165) is 38.0 Å². The van der Waals surface area contributed by atoms with Crippen molar-refractivity contribution in [1.29, 1.82) is 0 Å². The van der Waals surface area contributed by atoms with Gasteiger partial charge >= 0.3 is 0 Å². The molecule has 0 aromatic carbocycles. The monoisotopic (exact) mass is 462 g/mol. The molecule has 1 fully saturated rings. The van der Waals surface area contributed by atoms with Crippen LogP contribution in [0.15, 0.2) is 23.3 Å². The first-order valence-corrected chi connectivity index (χ1v) is 9.29. The third-order valence-corrected chi connectivity index (χ3v) is 5.04. The Hall–Kier alpha value is -0.760. The number of aromatic nitrogens is 1. The molecule has 25 heavy (non-hydrogen) atoms. The van der Waals surface area contributed by atoms with Crippen molar-refractivity contribution in [3.63, 3.8) is 0 Å². The number of guanidine groups is 1. The second kappa shape index (κ2) is 11.8. The number of rotatable bonds is 8. The van der Waals surface area contributed by atoms with Crippen molar-refractivity contribution in [2.75, 3.05) is 27.2 Å². The summed E-state index contributed by atoms with van der Waals surface area (Å²) in [6.45, 7) is 4.66. The highest BCUT2D eigenvalue weighted by Gasteiger charge is 2.25. The van der Waals surface area contributed by atoms with E-state index in [-0.39, 0.29) is 24.0 Å². The van der Waals surface area contributed by atoms with Gasteiger partial charge in [-0.25, -0.2) is 0 Å². The first-order chi connectivity index (χ1) is 11.7. The molecule has 1 atom stereocenters. The lowest BCUT2D eigenvalue weighted by molar-refractivity contribution is 0.0169. The zero-order chi connectivity index (χ0) is 17.4. The van der Waals surface area contributed by atoms with Crippen LogP contribution in [-0.2, 0) is 18.3 Å². The maximum Gasteiger partial charge on any atom is 0.193 e. The summed E-state index contributed by atoms with van der Waals surface area (Å²) < 4.78 is 8.15. The molecule has 6 heteroatoms. The Bertz CT molecular complexity index is 511. The molecule has 144 valence electrons. The second-order valence-corrected chi connectivity index (χ2v) is 6.77. The van der Waals surface area contributed by atoms with Crippen LogP contribution in [0.4, 0.5) is 0 Å². The van der Waals surface area contributed by atoms with Gasteiger partial charge in [0.2, 0.25) is 0 Å². The lowest BCUT2D eigenvalue weighted by Gasteiger charge is -2.26. The molecule has 1 aromatic rings. The van der Waals surface area contributed by atoms with Gasteiger partial charge in [-0.05, 0) is 44.2 Å². The predicted octanol–water partition coefficient (Wildman–Crippen LogP) is 3.64. The van der Waals surface area contributed by atoms with Crippen LogP contribution in [0.2, 0.25) is 0 Å². The largest absolute Gasteiger partial charge is 0.378 e. The van der Waals surface area contributed by atoms with E-state index in [2.05, 4.69) is 59.1 Å². The first-order valence-electron chi connectivity index (χ1n) is 9.29. The van der Waals surface area contributed by atoms with Gasteiger partial charge in [-0.3, -0.25) is 4.99 Å². The number of hydrogen-bond acceptors (Lipinski definition) is 2. The van der Waals surface area contributed by atoms with Gasteiger partial charge in [0.05, 0.1) is 12.6 Å². The second-order valence-electron chi connectivity index (χ2n) is 6.77. The number of aryl methyl sites for hydroxylation is 1. The van der Waals surface area contributed by atoms with Crippen molar-refractivity contribution in [3.05, 3.63) is 24.0 Å². The highest BCUT2D eigenvalue weighted by molar-refractivity contribution is 14.0. The Labute approximate surface area is 170 Å². The fourth-order valence-corrected chi connectivity index (χ4v) is 3.69. The van der Waals surface area contributed by atoms with E-state index >= 15 is 0 Å². The normalized spacial score (nSPS) is 16.6. The fourth-order valence-electron chi connectivity index (χ4n) is 3.69. The van der Waals surface area contributed by atoms with E-state index in [4.69, 9.17) is 4.74 Å². The van der Waals surface area contributed by atoms with Crippen molar-refractivity contribution >= 4 is 29.9 Å². The molecule has 0 amide bonds. The lowest BCUT2D eigenvalue weighted by Crippen LogP contribution is -2.40. The van der Waals surface area contributed by atoms with Crippen molar-refractivity contribution < 1.29 is 4.74 Å². The van der Waals surface area contributed by atoms with Gasteiger partial charge in [0.1, 0.15) is 0 Å². The molecule has 1 aliphatic carbocycles. The van der Waals surface area contributed by atoms with Gasteiger partial charge in [0.25, 0.3) is 0 Å². The van der Waals surface area contributed by atoms with E-state index in [1.165, 1.54) is 31.4 Å². The molecule has 1 N–H and O–H groups in total. The molecule has 0 spiro atoms. The van der Waals surface area contributed by atoms with Crippen LogP contribution in [0.1, 0.15) is 44.7 Å². The van der Waals surface area contributed by atoms with E-state index in [9.17, 15) is 0 Å². The molecule has 0 bridgehead atoms. The van der Waals surface area contributed by atoms with Crippen LogP contribution in [-0.4, -0.2) is 48.8 Å². The molecular formula is C19H35IN4O. The molecule has 1 saturated carbocycles. The zero-order valence-corrected chi connectivity index (χ0v) is 18.5. The molecule has 5 nitrogen and oxygen atoms in total. The molecule has 0 saturated heterocycles. The lowest BCUT2D eigenvalue weighted by atomic mass is 9.98. The molecule has 1 aromatic heterocycles. The summed E-state index contributed by atoms with van der Waals surface area (Å²) in [5.41, 5.74) is 1.28. The standard InChI is InChI=1S/C19H34N4O.HI/c1-5-24-18(16-9-6-7-10-16)12-13-21-19(20-2)23(4)15-17-11-8-14-22(17)3;/h8,11,14,16,18H,5-7,9-10,12-13,15H2,1-4H3,(H,20,21);1H. The minimum Gasteiger partial charge on any atom is -0.378 e. The number of nitrogens with one attached hydrogen (secondary N) is 1. The molecule has 2 rings (SSSR count). The summed E-state index contributed by atoms with van der Waals surface area (Å²) in [5.74, 6) is 1.69. The van der Waals surface area contributed by atoms with Crippen LogP contribution in [0, 0.1) is 5.92 Å². The fraction of sp³-hybridized carbons (Fsp3) is 0.737. The molecule has 1 unspecified atom stereocenters. The maximum absolute atomic E-state index is 6.01. The molecule has 1 heterocycles. The quantitative estimate of drug-likeness (QED) is 0.365. The number of hydrogen-bond donors (Lipinski definition) is 1. The summed E-state index contributed by atoms with van der Waals surface area (Å²) in [6, 6.07) is 4.22. The minimum absolute atomic E-state index is 0. The van der Waals surface area contributed by atoms with Gasteiger partial charge < -0.3 is 19.5 Å². The van der Waals surface area contributed by atoms with E-state index in [1.807, 2.05) is 7.05 Å². The van der Waals surface area contributed by atoms with Gasteiger partial charge in [0.15, 0.2) is 5.96 Å². The highest BCUT2D eigenvalue weighted by Crippen LogP contribution is 2.30.